The first-order valence-corrected chi connectivity index (χ1v) is 7.03. The van der Waals surface area contributed by atoms with Crippen molar-refractivity contribution in [3.8, 4) is 0 Å². The first-order chi connectivity index (χ1) is 9.30. The topological polar surface area (TPSA) is 77.2 Å². The smallest absolute Gasteiger partial charge is 0.381 e. The fourth-order valence-corrected chi connectivity index (χ4v) is 1.64. The van der Waals surface area contributed by atoms with Gasteiger partial charge in [-0.2, -0.15) is 0 Å². The van der Waals surface area contributed by atoms with Crippen LogP contribution in [-0.2, 0) is 19.0 Å². The van der Waals surface area contributed by atoms with E-state index in [1.54, 1.807) is 0 Å². The van der Waals surface area contributed by atoms with E-state index in [-0.39, 0.29) is 0 Å². The zero-order valence-electron chi connectivity index (χ0n) is 12.7. The normalized spacial score (nSPS) is 17.9. The van der Waals surface area contributed by atoms with Gasteiger partial charge in [0.15, 0.2) is 6.10 Å². The maximum absolute atomic E-state index is 11.5. The van der Waals surface area contributed by atoms with Gasteiger partial charge in [-0.25, -0.2) is 9.59 Å². The van der Waals surface area contributed by atoms with Gasteiger partial charge in [-0.15, -0.1) is 0 Å². The van der Waals surface area contributed by atoms with Crippen molar-refractivity contribution >= 4 is 12.1 Å². The predicted molar refractivity (Wildman–Crippen MR) is 73.3 cm³/mol. The highest BCUT2D eigenvalue weighted by Gasteiger charge is 2.35. The molecule has 0 radical (unpaired) electrons. The minimum atomic E-state index is -0.724. The second-order valence-electron chi connectivity index (χ2n) is 6.11. The lowest BCUT2D eigenvalue weighted by molar-refractivity contribution is -0.138. The molecule has 116 valence electrons. The first kappa shape index (κ1) is 16.9. The molecule has 1 N–H and O–H groups in total. The molecule has 0 aromatic heterocycles. The Morgan fingerprint density at radius 1 is 1.40 bits per heavy atom. The quantitative estimate of drug-likeness (QED) is 0.319. The summed E-state index contributed by atoms with van der Waals surface area (Å²) < 4.78 is 14.9. The summed E-state index contributed by atoms with van der Waals surface area (Å²) in [5.41, 5.74) is -0.442. The van der Waals surface area contributed by atoms with Crippen molar-refractivity contribution in [3.05, 3.63) is 0 Å². The van der Waals surface area contributed by atoms with Crippen LogP contribution in [-0.4, -0.2) is 43.5 Å². The second-order valence-corrected chi connectivity index (χ2v) is 6.11. The van der Waals surface area contributed by atoms with Crippen molar-refractivity contribution in [1.82, 2.24) is 5.32 Å². The van der Waals surface area contributed by atoms with Gasteiger partial charge in [-0.3, -0.25) is 0 Å². The van der Waals surface area contributed by atoms with Gasteiger partial charge in [0.1, 0.15) is 0 Å². The number of carbonyl (C=O) groups is 2. The van der Waals surface area contributed by atoms with E-state index in [2.05, 4.69) is 23.9 Å². The fraction of sp³-hybridized carbons (Fsp3) is 0.857. The zero-order valence-corrected chi connectivity index (χ0v) is 12.7. The van der Waals surface area contributed by atoms with Crippen LogP contribution in [0.25, 0.3) is 0 Å². The molecule has 0 saturated carbocycles. The summed E-state index contributed by atoms with van der Waals surface area (Å²) in [6, 6.07) is 0. The van der Waals surface area contributed by atoms with E-state index in [4.69, 9.17) is 9.47 Å². The Hall–Kier alpha value is -1.14. The standard InChI is InChI=1S/C14H25NO5/c1-10(2)8-18-7-5-6-14(3,4)15-13(17)20-12(16)11-9-19-11/h10-11H,5-9H2,1-4H3,(H,15,17). The summed E-state index contributed by atoms with van der Waals surface area (Å²) in [7, 11) is 0. The average Bonchev–Trinajstić information content (AvgIpc) is 3.10. The van der Waals surface area contributed by atoms with E-state index < -0.39 is 23.7 Å². The maximum Gasteiger partial charge on any atom is 0.415 e. The highest BCUT2D eigenvalue weighted by molar-refractivity contribution is 5.88. The minimum Gasteiger partial charge on any atom is -0.381 e. The molecule has 1 aliphatic rings. The fourth-order valence-electron chi connectivity index (χ4n) is 1.64. The molecule has 1 rings (SSSR count). The number of rotatable bonds is 8. The van der Waals surface area contributed by atoms with E-state index in [9.17, 15) is 9.59 Å². The number of hydrogen-bond donors (Lipinski definition) is 1. The van der Waals surface area contributed by atoms with Gasteiger partial charge in [0.05, 0.1) is 6.61 Å². The molecular weight excluding hydrogens is 262 g/mol. The molecule has 1 aliphatic heterocycles. The molecule has 0 bridgehead atoms. The number of epoxide rings is 1. The van der Waals surface area contributed by atoms with Gasteiger partial charge in [-0.05, 0) is 32.6 Å². The molecule has 20 heavy (non-hydrogen) atoms. The Bertz CT molecular complexity index is 336. The third-order valence-corrected chi connectivity index (χ3v) is 2.77. The lowest BCUT2D eigenvalue weighted by atomic mass is 9.99. The summed E-state index contributed by atoms with van der Waals surface area (Å²) in [6.07, 6.45) is 0.292. The van der Waals surface area contributed by atoms with Crippen LogP contribution in [0.2, 0.25) is 0 Å². The maximum atomic E-state index is 11.5. The van der Waals surface area contributed by atoms with Crippen molar-refractivity contribution in [1.29, 1.82) is 0 Å². The predicted octanol–water partition coefficient (Wildman–Crippen LogP) is 1.87. The van der Waals surface area contributed by atoms with Crippen LogP contribution in [0.4, 0.5) is 4.79 Å². The van der Waals surface area contributed by atoms with Crippen LogP contribution in [0.5, 0.6) is 0 Å². The molecule has 1 amide bonds. The summed E-state index contributed by atoms with van der Waals surface area (Å²) in [5, 5.41) is 2.68. The van der Waals surface area contributed by atoms with Gasteiger partial charge >= 0.3 is 12.1 Å². The van der Waals surface area contributed by atoms with Gasteiger partial charge in [0, 0.05) is 18.8 Å². The molecule has 1 fully saturated rings. The van der Waals surface area contributed by atoms with Crippen LogP contribution in [0.1, 0.15) is 40.5 Å². The first-order valence-electron chi connectivity index (χ1n) is 7.03. The number of carbonyl (C=O) groups excluding carboxylic acids is 2. The molecular formula is C14H25NO5. The van der Waals surface area contributed by atoms with Gasteiger partial charge in [-0.1, -0.05) is 13.8 Å². The van der Waals surface area contributed by atoms with Gasteiger partial charge < -0.3 is 19.5 Å². The molecule has 0 aliphatic carbocycles. The lowest BCUT2D eigenvalue weighted by Gasteiger charge is -2.25. The Morgan fingerprint density at radius 3 is 2.60 bits per heavy atom. The molecule has 6 heteroatoms. The number of ether oxygens (including phenoxy) is 3. The van der Waals surface area contributed by atoms with Crippen LogP contribution >= 0.6 is 0 Å². The Labute approximate surface area is 120 Å². The molecule has 1 heterocycles. The summed E-state index contributed by atoms with van der Waals surface area (Å²) >= 11 is 0. The molecule has 1 atom stereocenters. The Balaban J connectivity index is 2.15. The van der Waals surface area contributed by atoms with Crippen molar-refractivity contribution < 1.29 is 23.8 Å². The van der Waals surface area contributed by atoms with E-state index in [0.29, 0.717) is 19.1 Å². The highest BCUT2D eigenvalue weighted by atomic mass is 16.6. The molecule has 6 nitrogen and oxygen atoms in total. The van der Waals surface area contributed by atoms with Crippen molar-refractivity contribution in [2.45, 2.75) is 52.2 Å². The number of esters is 1. The number of hydrogen-bond acceptors (Lipinski definition) is 5. The average molecular weight is 287 g/mol. The van der Waals surface area contributed by atoms with E-state index in [0.717, 1.165) is 19.4 Å². The molecule has 0 aromatic rings. The van der Waals surface area contributed by atoms with E-state index in [1.807, 2.05) is 13.8 Å². The highest BCUT2D eigenvalue weighted by Crippen LogP contribution is 2.14. The number of amides is 1. The van der Waals surface area contributed by atoms with Crippen LogP contribution in [0, 0.1) is 5.92 Å². The van der Waals surface area contributed by atoms with Gasteiger partial charge in [0.2, 0.25) is 0 Å². The zero-order chi connectivity index (χ0) is 15.2. The second kappa shape index (κ2) is 7.59. The van der Waals surface area contributed by atoms with Gasteiger partial charge in [0.25, 0.3) is 0 Å². The Kier molecular flexibility index (Phi) is 6.42. The number of alkyl carbamates (subject to hydrolysis) is 1. The van der Waals surface area contributed by atoms with Crippen molar-refractivity contribution in [2.24, 2.45) is 5.92 Å². The summed E-state index contributed by atoms with van der Waals surface area (Å²) in [6.45, 7) is 9.70. The summed E-state index contributed by atoms with van der Waals surface area (Å²) in [4.78, 5) is 22.8. The SMILES string of the molecule is CC(C)COCCCC(C)(C)NC(=O)OC(=O)C1CO1. The lowest BCUT2D eigenvalue weighted by Crippen LogP contribution is -2.44. The monoisotopic (exact) mass is 287 g/mol. The van der Waals surface area contributed by atoms with Crippen LogP contribution in [0.3, 0.4) is 0 Å². The largest absolute Gasteiger partial charge is 0.415 e. The Morgan fingerprint density at radius 2 is 2.05 bits per heavy atom. The molecule has 0 spiro atoms. The third-order valence-electron chi connectivity index (χ3n) is 2.77. The minimum absolute atomic E-state index is 0.336. The number of nitrogens with one attached hydrogen (secondary N) is 1. The molecule has 0 aromatic carbocycles. The van der Waals surface area contributed by atoms with E-state index >= 15 is 0 Å². The van der Waals surface area contributed by atoms with Crippen LogP contribution < -0.4 is 5.32 Å². The van der Waals surface area contributed by atoms with Crippen molar-refractivity contribution in [3.63, 3.8) is 0 Å². The molecule has 1 saturated heterocycles. The van der Waals surface area contributed by atoms with Crippen molar-refractivity contribution in [2.75, 3.05) is 19.8 Å². The summed E-state index contributed by atoms with van der Waals surface area (Å²) in [5.74, 6) is -0.106. The third kappa shape index (κ3) is 7.45. The van der Waals surface area contributed by atoms with Crippen LogP contribution in [0.15, 0.2) is 0 Å². The molecule has 1 unspecified atom stereocenters. The van der Waals surface area contributed by atoms with E-state index in [1.165, 1.54) is 0 Å².